The number of pyridine rings is 1. The number of hydrogen-bond acceptors (Lipinski definition) is 5. The van der Waals surface area contributed by atoms with Gasteiger partial charge in [0.1, 0.15) is 11.4 Å². The van der Waals surface area contributed by atoms with Crippen molar-refractivity contribution in [1.82, 2.24) is 15.2 Å². The van der Waals surface area contributed by atoms with Gasteiger partial charge < -0.3 is 19.7 Å². The Labute approximate surface area is 170 Å². The molecular formula is C22H25N3O4. The first-order chi connectivity index (χ1) is 14.1. The Kier molecular flexibility index (Phi) is 5.60. The van der Waals surface area contributed by atoms with E-state index >= 15 is 0 Å². The molecule has 152 valence electrons. The van der Waals surface area contributed by atoms with Crippen molar-refractivity contribution >= 4 is 11.8 Å². The monoisotopic (exact) mass is 395 g/mol. The molecular weight excluding hydrogens is 370 g/mol. The second-order valence-electron chi connectivity index (χ2n) is 7.41. The van der Waals surface area contributed by atoms with Gasteiger partial charge in [-0.15, -0.1) is 0 Å². The molecule has 1 aromatic carbocycles. The minimum Gasteiger partial charge on any atom is -0.347 e. The number of carbonyl (C=O) groups excluding carboxylic acids is 2. The zero-order valence-electron chi connectivity index (χ0n) is 16.5. The lowest BCUT2D eigenvalue weighted by Crippen LogP contribution is -2.47. The highest BCUT2D eigenvalue weighted by atomic mass is 16.7. The lowest BCUT2D eigenvalue weighted by atomic mass is 10.0. The summed E-state index contributed by atoms with van der Waals surface area (Å²) in [5.74, 6) is -1.01. The predicted molar refractivity (Wildman–Crippen MR) is 106 cm³/mol. The summed E-state index contributed by atoms with van der Waals surface area (Å²) in [6.45, 7) is 4.21. The molecule has 1 aromatic heterocycles. The summed E-state index contributed by atoms with van der Waals surface area (Å²) < 4.78 is 11.4. The van der Waals surface area contributed by atoms with Gasteiger partial charge in [0.15, 0.2) is 5.79 Å². The van der Waals surface area contributed by atoms with Crippen molar-refractivity contribution < 1.29 is 19.1 Å². The number of hydrogen-bond donors (Lipinski definition) is 1. The van der Waals surface area contributed by atoms with E-state index in [9.17, 15) is 9.59 Å². The fourth-order valence-corrected chi connectivity index (χ4v) is 3.77. The second kappa shape index (κ2) is 8.31. The van der Waals surface area contributed by atoms with Crippen LogP contribution in [-0.4, -0.2) is 53.8 Å². The number of amides is 2. The number of nitrogens with zero attached hydrogens (tertiary/aromatic N) is 2. The van der Waals surface area contributed by atoms with Crippen LogP contribution in [0.4, 0.5) is 0 Å². The molecule has 3 heterocycles. The van der Waals surface area contributed by atoms with E-state index < -0.39 is 5.79 Å². The number of benzene rings is 1. The average Bonchev–Trinajstić information content (AvgIpc) is 3.22. The van der Waals surface area contributed by atoms with Crippen molar-refractivity contribution in [2.24, 2.45) is 0 Å². The van der Waals surface area contributed by atoms with Gasteiger partial charge in [-0.25, -0.2) is 4.98 Å². The number of piperidine rings is 1. The van der Waals surface area contributed by atoms with E-state index in [2.05, 4.69) is 10.3 Å². The Morgan fingerprint density at radius 2 is 1.66 bits per heavy atom. The van der Waals surface area contributed by atoms with Crippen LogP contribution in [0.5, 0.6) is 0 Å². The molecule has 1 atom stereocenters. The molecule has 29 heavy (non-hydrogen) atoms. The SMILES string of the molecule is CC(NC(=O)c1cccc(C(=O)N2CCC3(CC2)OCCO3)n1)c1ccccc1. The highest BCUT2D eigenvalue weighted by Crippen LogP contribution is 2.31. The maximum Gasteiger partial charge on any atom is 0.272 e. The summed E-state index contributed by atoms with van der Waals surface area (Å²) in [5, 5.41) is 2.93. The molecule has 0 radical (unpaired) electrons. The largest absolute Gasteiger partial charge is 0.347 e. The fraction of sp³-hybridized carbons (Fsp3) is 0.409. The van der Waals surface area contributed by atoms with Crippen LogP contribution in [0, 0.1) is 0 Å². The molecule has 7 nitrogen and oxygen atoms in total. The van der Waals surface area contributed by atoms with E-state index in [0.29, 0.717) is 39.1 Å². The second-order valence-corrected chi connectivity index (χ2v) is 7.41. The molecule has 1 unspecified atom stereocenters. The predicted octanol–water partition coefficient (Wildman–Crippen LogP) is 2.55. The quantitative estimate of drug-likeness (QED) is 0.861. The number of carbonyl (C=O) groups is 2. The Bertz CT molecular complexity index is 871. The van der Waals surface area contributed by atoms with Crippen LogP contribution in [0.25, 0.3) is 0 Å². The zero-order chi connectivity index (χ0) is 20.3. The van der Waals surface area contributed by atoms with Crippen LogP contribution in [-0.2, 0) is 9.47 Å². The molecule has 2 aliphatic heterocycles. The van der Waals surface area contributed by atoms with Crippen LogP contribution in [0.3, 0.4) is 0 Å². The summed E-state index contributed by atoms with van der Waals surface area (Å²) >= 11 is 0. The van der Waals surface area contributed by atoms with Crippen molar-refractivity contribution in [1.29, 1.82) is 0 Å². The lowest BCUT2D eigenvalue weighted by molar-refractivity contribution is -0.181. The van der Waals surface area contributed by atoms with E-state index in [1.165, 1.54) is 0 Å². The maximum absolute atomic E-state index is 12.9. The topological polar surface area (TPSA) is 80.8 Å². The van der Waals surface area contributed by atoms with Gasteiger partial charge in [0, 0.05) is 25.9 Å². The molecule has 2 aromatic rings. The van der Waals surface area contributed by atoms with Gasteiger partial charge >= 0.3 is 0 Å². The van der Waals surface area contributed by atoms with E-state index in [-0.39, 0.29) is 29.2 Å². The van der Waals surface area contributed by atoms with E-state index in [1.807, 2.05) is 37.3 Å². The number of ether oxygens (including phenoxy) is 2. The Balaban J connectivity index is 1.40. The molecule has 1 N–H and O–H groups in total. The molecule has 0 aliphatic carbocycles. The average molecular weight is 395 g/mol. The molecule has 0 saturated carbocycles. The highest BCUT2D eigenvalue weighted by molar-refractivity contribution is 5.96. The zero-order valence-corrected chi connectivity index (χ0v) is 16.5. The van der Waals surface area contributed by atoms with E-state index in [1.54, 1.807) is 23.1 Å². The standard InChI is InChI=1S/C22H25N3O4/c1-16(17-6-3-2-4-7-17)23-20(26)18-8-5-9-19(24-18)21(27)25-12-10-22(11-13-25)28-14-15-29-22/h2-9,16H,10-15H2,1H3,(H,23,26). The third kappa shape index (κ3) is 4.31. The summed E-state index contributed by atoms with van der Waals surface area (Å²) in [6, 6.07) is 14.5. The molecule has 2 amide bonds. The van der Waals surface area contributed by atoms with Gasteiger partial charge in [0.25, 0.3) is 11.8 Å². The van der Waals surface area contributed by atoms with Gasteiger partial charge in [0.2, 0.25) is 0 Å². The normalized spacial score (nSPS) is 19.1. The van der Waals surface area contributed by atoms with Crippen molar-refractivity contribution in [3.8, 4) is 0 Å². The van der Waals surface area contributed by atoms with E-state index in [0.717, 1.165) is 5.56 Å². The van der Waals surface area contributed by atoms with Crippen molar-refractivity contribution in [2.75, 3.05) is 26.3 Å². The molecule has 4 rings (SSSR count). The van der Waals surface area contributed by atoms with E-state index in [4.69, 9.17) is 9.47 Å². The van der Waals surface area contributed by atoms with Crippen LogP contribution in [0.2, 0.25) is 0 Å². The highest BCUT2D eigenvalue weighted by Gasteiger charge is 2.41. The molecule has 2 fully saturated rings. The molecule has 1 spiro atoms. The van der Waals surface area contributed by atoms with Gasteiger partial charge in [-0.05, 0) is 24.6 Å². The Hall–Kier alpha value is -2.77. The summed E-state index contributed by atoms with van der Waals surface area (Å²) in [5.41, 5.74) is 1.51. The first-order valence-corrected chi connectivity index (χ1v) is 9.96. The third-order valence-corrected chi connectivity index (χ3v) is 5.47. The number of rotatable bonds is 4. The van der Waals surface area contributed by atoms with Gasteiger partial charge in [0.05, 0.1) is 19.3 Å². The maximum atomic E-state index is 12.9. The molecule has 2 saturated heterocycles. The lowest BCUT2D eigenvalue weighted by Gasteiger charge is -2.37. The third-order valence-electron chi connectivity index (χ3n) is 5.47. The number of nitrogens with one attached hydrogen (secondary N) is 1. The summed E-state index contributed by atoms with van der Waals surface area (Å²) in [7, 11) is 0. The van der Waals surface area contributed by atoms with Crippen LogP contribution >= 0.6 is 0 Å². The Morgan fingerprint density at radius 1 is 1.00 bits per heavy atom. The summed E-state index contributed by atoms with van der Waals surface area (Å²) in [6.07, 6.45) is 1.29. The van der Waals surface area contributed by atoms with Gasteiger partial charge in [-0.2, -0.15) is 0 Å². The van der Waals surface area contributed by atoms with Crippen LogP contribution < -0.4 is 5.32 Å². The number of likely N-dealkylation sites (tertiary alicyclic amines) is 1. The van der Waals surface area contributed by atoms with Gasteiger partial charge in [-0.3, -0.25) is 9.59 Å². The first kappa shape index (κ1) is 19.5. The van der Waals surface area contributed by atoms with Crippen molar-refractivity contribution in [3.63, 3.8) is 0 Å². The van der Waals surface area contributed by atoms with Crippen LogP contribution in [0.15, 0.2) is 48.5 Å². The van der Waals surface area contributed by atoms with Crippen molar-refractivity contribution in [3.05, 3.63) is 65.5 Å². The van der Waals surface area contributed by atoms with Crippen molar-refractivity contribution in [2.45, 2.75) is 31.6 Å². The van der Waals surface area contributed by atoms with Crippen LogP contribution in [0.1, 0.15) is 52.3 Å². The Morgan fingerprint density at radius 3 is 2.34 bits per heavy atom. The molecule has 7 heteroatoms. The fourth-order valence-electron chi connectivity index (χ4n) is 3.77. The number of aromatic nitrogens is 1. The minimum atomic E-state index is -0.528. The minimum absolute atomic E-state index is 0.158. The van der Waals surface area contributed by atoms with Gasteiger partial charge in [-0.1, -0.05) is 36.4 Å². The summed E-state index contributed by atoms with van der Waals surface area (Å²) in [4.78, 5) is 31.6. The molecule has 0 bridgehead atoms. The smallest absolute Gasteiger partial charge is 0.272 e. The first-order valence-electron chi connectivity index (χ1n) is 9.96. The molecule has 2 aliphatic rings.